The van der Waals surface area contributed by atoms with Gasteiger partial charge in [0.2, 0.25) is 0 Å². The first-order chi connectivity index (χ1) is 11.5. The summed E-state index contributed by atoms with van der Waals surface area (Å²) in [7, 11) is 1.59. The van der Waals surface area contributed by atoms with Gasteiger partial charge in [-0.05, 0) is 45.0 Å². The molecule has 0 amide bonds. The Labute approximate surface area is 145 Å². The summed E-state index contributed by atoms with van der Waals surface area (Å²) in [5, 5.41) is 8.21. The molecular formula is C17H18ClN5O. The fourth-order valence-electron chi connectivity index (χ4n) is 2.44. The lowest BCUT2D eigenvalue weighted by molar-refractivity contribution is 0.415. The van der Waals surface area contributed by atoms with Gasteiger partial charge in [-0.1, -0.05) is 11.6 Å². The zero-order chi connectivity index (χ0) is 17.3. The second-order valence-electron chi connectivity index (χ2n) is 5.51. The first kappa shape index (κ1) is 16.3. The molecule has 0 aliphatic rings. The van der Waals surface area contributed by atoms with Crippen LogP contribution in [0.15, 0.2) is 30.3 Å². The van der Waals surface area contributed by atoms with E-state index in [0.717, 1.165) is 22.8 Å². The van der Waals surface area contributed by atoms with Crippen LogP contribution in [0.1, 0.15) is 17.1 Å². The number of aryl methyl sites for hydroxylation is 3. The van der Waals surface area contributed by atoms with Gasteiger partial charge in [-0.2, -0.15) is 10.1 Å². The largest absolute Gasteiger partial charge is 0.495 e. The zero-order valence-corrected chi connectivity index (χ0v) is 14.7. The van der Waals surface area contributed by atoms with Crippen molar-refractivity contribution in [1.29, 1.82) is 0 Å². The number of nitrogens with zero attached hydrogens (tertiary/aromatic N) is 4. The van der Waals surface area contributed by atoms with Gasteiger partial charge in [-0.25, -0.2) is 9.67 Å². The molecule has 3 rings (SSSR count). The molecule has 1 aromatic carbocycles. The van der Waals surface area contributed by atoms with Gasteiger partial charge in [0.25, 0.3) is 5.95 Å². The molecule has 124 valence electrons. The second-order valence-corrected chi connectivity index (χ2v) is 5.91. The van der Waals surface area contributed by atoms with E-state index in [1.165, 1.54) is 0 Å². The smallest absolute Gasteiger partial charge is 0.252 e. The number of methoxy groups -OCH3 is 1. The Morgan fingerprint density at radius 3 is 2.46 bits per heavy atom. The minimum Gasteiger partial charge on any atom is -0.495 e. The molecule has 0 spiro atoms. The Hall–Kier alpha value is -2.60. The third-order valence-corrected chi connectivity index (χ3v) is 3.76. The van der Waals surface area contributed by atoms with Crippen LogP contribution >= 0.6 is 11.6 Å². The Kier molecular flexibility index (Phi) is 4.40. The third-order valence-electron chi connectivity index (χ3n) is 3.47. The number of anilines is 2. The van der Waals surface area contributed by atoms with Crippen LogP contribution < -0.4 is 10.1 Å². The number of hydrogen-bond donors (Lipinski definition) is 1. The lowest BCUT2D eigenvalue weighted by atomic mass is 10.3. The van der Waals surface area contributed by atoms with Gasteiger partial charge < -0.3 is 10.1 Å². The van der Waals surface area contributed by atoms with Crippen molar-refractivity contribution in [3.63, 3.8) is 0 Å². The van der Waals surface area contributed by atoms with E-state index in [0.29, 0.717) is 22.5 Å². The molecular weight excluding hydrogens is 326 g/mol. The van der Waals surface area contributed by atoms with Gasteiger partial charge in [0.1, 0.15) is 11.6 Å². The highest BCUT2D eigenvalue weighted by Gasteiger charge is 2.10. The van der Waals surface area contributed by atoms with E-state index >= 15 is 0 Å². The summed E-state index contributed by atoms with van der Waals surface area (Å²) in [4.78, 5) is 9.02. The number of benzene rings is 1. The van der Waals surface area contributed by atoms with Crippen LogP contribution in [-0.2, 0) is 0 Å². The molecule has 24 heavy (non-hydrogen) atoms. The zero-order valence-electron chi connectivity index (χ0n) is 14.0. The highest BCUT2D eigenvalue weighted by molar-refractivity contribution is 6.32. The molecule has 6 nitrogen and oxygen atoms in total. The molecule has 7 heteroatoms. The molecule has 1 N–H and O–H groups in total. The molecule has 0 bridgehead atoms. The maximum Gasteiger partial charge on any atom is 0.252 e. The summed E-state index contributed by atoms with van der Waals surface area (Å²) in [6, 6.07) is 9.34. The Balaban J connectivity index is 1.94. The highest BCUT2D eigenvalue weighted by Crippen LogP contribution is 2.28. The highest BCUT2D eigenvalue weighted by atomic mass is 35.5. The van der Waals surface area contributed by atoms with Crippen LogP contribution in [0.25, 0.3) is 5.95 Å². The molecule has 2 heterocycles. The Morgan fingerprint density at radius 1 is 1.04 bits per heavy atom. The Bertz CT molecular complexity index is 891. The molecule has 0 saturated heterocycles. The van der Waals surface area contributed by atoms with E-state index in [-0.39, 0.29) is 0 Å². The third kappa shape index (κ3) is 3.33. The van der Waals surface area contributed by atoms with Crippen LogP contribution in [0.5, 0.6) is 5.75 Å². The van der Waals surface area contributed by atoms with Crippen molar-refractivity contribution in [2.24, 2.45) is 0 Å². The number of halogens is 1. The summed E-state index contributed by atoms with van der Waals surface area (Å²) in [6.45, 7) is 5.84. The number of aromatic nitrogens is 4. The predicted molar refractivity (Wildman–Crippen MR) is 94.7 cm³/mol. The van der Waals surface area contributed by atoms with Gasteiger partial charge in [0, 0.05) is 23.1 Å². The molecule has 2 aromatic heterocycles. The van der Waals surface area contributed by atoms with Crippen molar-refractivity contribution in [2.45, 2.75) is 20.8 Å². The average Bonchev–Trinajstić information content (AvgIpc) is 2.85. The van der Waals surface area contributed by atoms with Crippen LogP contribution in [0.2, 0.25) is 5.02 Å². The van der Waals surface area contributed by atoms with E-state index in [9.17, 15) is 0 Å². The Morgan fingerprint density at radius 2 is 1.83 bits per heavy atom. The van der Waals surface area contributed by atoms with E-state index in [4.69, 9.17) is 16.3 Å². The van der Waals surface area contributed by atoms with E-state index in [2.05, 4.69) is 20.4 Å². The second kappa shape index (κ2) is 6.49. The average molecular weight is 344 g/mol. The van der Waals surface area contributed by atoms with Crippen molar-refractivity contribution >= 4 is 23.1 Å². The van der Waals surface area contributed by atoms with Gasteiger partial charge in [0.15, 0.2) is 0 Å². The van der Waals surface area contributed by atoms with Gasteiger partial charge in [-0.15, -0.1) is 0 Å². The van der Waals surface area contributed by atoms with E-state index in [1.807, 2.05) is 39.0 Å². The molecule has 0 unspecified atom stereocenters. The minimum absolute atomic E-state index is 0.530. The topological polar surface area (TPSA) is 64.9 Å². The van der Waals surface area contributed by atoms with Crippen LogP contribution in [0.4, 0.5) is 11.5 Å². The maximum atomic E-state index is 6.17. The van der Waals surface area contributed by atoms with Gasteiger partial charge in [0.05, 0.1) is 17.8 Å². The first-order valence-corrected chi connectivity index (χ1v) is 7.84. The fraction of sp³-hybridized carbons (Fsp3) is 0.235. The standard InChI is InChI=1S/C17H18ClN5O/c1-10-8-16(20-13-5-6-15(24-4)14(18)9-13)21-17(19-10)23-12(3)7-11(2)22-23/h5-9H,1-4H3,(H,19,20,21). The van der Waals surface area contributed by atoms with Crippen molar-refractivity contribution in [3.8, 4) is 11.7 Å². The maximum absolute atomic E-state index is 6.17. The van der Waals surface area contributed by atoms with Gasteiger partial charge >= 0.3 is 0 Å². The SMILES string of the molecule is COc1ccc(Nc2cc(C)nc(-n3nc(C)cc3C)n2)cc1Cl. The summed E-state index contributed by atoms with van der Waals surface area (Å²) in [5.41, 5.74) is 3.57. The minimum atomic E-state index is 0.530. The van der Waals surface area contributed by atoms with Crippen molar-refractivity contribution in [2.75, 3.05) is 12.4 Å². The lowest BCUT2D eigenvalue weighted by Gasteiger charge is -2.11. The summed E-state index contributed by atoms with van der Waals surface area (Å²) >= 11 is 6.17. The van der Waals surface area contributed by atoms with Crippen LogP contribution in [-0.4, -0.2) is 26.9 Å². The number of hydrogen-bond acceptors (Lipinski definition) is 5. The summed E-state index contributed by atoms with van der Waals surface area (Å²) < 4.78 is 6.90. The number of ether oxygens (including phenoxy) is 1. The quantitative estimate of drug-likeness (QED) is 0.775. The molecule has 0 aliphatic carbocycles. The first-order valence-electron chi connectivity index (χ1n) is 7.46. The van der Waals surface area contributed by atoms with Crippen molar-refractivity contribution in [1.82, 2.24) is 19.7 Å². The normalized spacial score (nSPS) is 10.7. The summed E-state index contributed by atoms with van der Waals surface area (Å²) in [5.74, 6) is 1.83. The number of nitrogens with one attached hydrogen (secondary N) is 1. The molecule has 0 aliphatic heterocycles. The van der Waals surface area contributed by atoms with Crippen LogP contribution in [0.3, 0.4) is 0 Å². The lowest BCUT2D eigenvalue weighted by Crippen LogP contribution is -2.08. The molecule has 0 fully saturated rings. The number of rotatable bonds is 4. The molecule has 0 radical (unpaired) electrons. The van der Waals surface area contributed by atoms with Crippen molar-refractivity contribution < 1.29 is 4.74 Å². The van der Waals surface area contributed by atoms with Gasteiger partial charge in [-0.3, -0.25) is 0 Å². The predicted octanol–water partition coefficient (Wildman–Crippen LogP) is 3.99. The monoisotopic (exact) mass is 343 g/mol. The molecule has 0 atom stereocenters. The molecule has 3 aromatic rings. The molecule has 0 saturated carbocycles. The fourth-order valence-corrected chi connectivity index (χ4v) is 2.69. The summed E-state index contributed by atoms with van der Waals surface area (Å²) in [6.07, 6.45) is 0. The van der Waals surface area contributed by atoms with Crippen molar-refractivity contribution in [3.05, 3.63) is 52.4 Å². The van der Waals surface area contributed by atoms with E-state index in [1.54, 1.807) is 23.9 Å². The van der Waals surface area contributed by atoms with E-state index < -0.39 is 0 Å². The van der Waals surface area contributed by atoms with Crippen LogP contribution in [0, 0.1) is 20.8 Å².